The minimum absolute atomic E-state index is 0.0812. The molecule has 0 bridgehead atoms. The Kier molecular flexibility index (Phi) is 6.44. The van der Waals surface area contributed by atoms with Crippen LogP contribution in [-0.2, 0) is 9.53 Å². The zero-order valence-electron chi connectivity index (χ0n) is 17.7. The molecule has 3 aromatic heterocycles. The Bertz CT molecular complexity index is 1240. The van der Waals surface area contributed by atoms with Gasteiger partial charge in [-0.25, -0.2) is 9.78 Å². The summed E-state index contributed by atoms with van der Waals surface area (Å²) in [6, 6.07) is 6.49. The largest absolute Gasteiger partial charge is 0.462 e. The van der Waals surface area contributed by atoms with Gasteiger partial charge in [-0.3, -0.25) is 14.0 Å². The molecule has 0 spiro atoms. The first-order valence-corrected chi connectivity index (χ1v) is 10.2. The molecule has 0 saturated heterocycles. The van der Waals surface area contributed by atoms with Crippen LogP contribution in [0.1, 0.15) is 63.4 Å². The number of esters is 1. The molecule has 3 heterocycles. The zero-order chi connectivity index (χ0) is 21.8. The van der Waals surface area contributed by atoms with Crippen LogP contribution in [0.25, 0.3) is 16.7 Å². The third-order valence-corrected chi connectivity index (χ3v) is 4.72. The first-order valence-electron chi connectivity index (χ1n) is 10.2. The summed E-state index contributed by atoms with van der Waals surface area (Å²) in [5.74, 6) is -0.956. The molecule has 3 rings (SSSR count). The molecule has 8 nitrogen and oxygen atoms in total. The van der Waals surface area contributed by atoms with E-state index >= 15 is 0 Å². The first-order chi connectivity index (χ1) is 14.4. The SMILES string of the molecule is CCCCC(=O)N=c1c(C(=O)OCC)cc2c(=O)n3ccccc3nc2n1C(C)C. The predicted octanol–water partition coefficient (Wildman–Crippen LogP) is 3.02. The standard InChI is InChI=1S/C22H26N4O4/c1-5-7-11-18(27)24-20-16(22(29)30-6-2)13-15-19(26(20)14(3)4)23-17-10-8-9-12-25(17)21(15)28/h8-10,12-14H,5-7,11H2,1-4H3. The van der Waals surface area contributed by atoms with Crippen molar-refractivity contribution in [2.75, 3.05) is 6.61 Å². The highest BCUT2D eigenvalue weighted by atomic mass is 16.5. The molecular weight excluding hydrogens is 384 g/mol. The van der Waals surface area contributed by atoms with Crippen LogP contribution >= 0.6 is 0 Å². The number of aromatic nitrogens is 3. The fraction of sp³-hybridized carbons (Fsp3) is 0.409. The van der Waals surface area contributed by atoms with Crippen molar-refractivity contribution in [3.63, 3.8) is 0 Å². The number of hydrogen-bond acceptors (Lipinski definition) is 5. The second-order valence-electron chi connectivity index (χ2n) is 7.26. The molecule has 0 aliphatic carbocycles. The van der Waals surface area contributed by atoms with Crippen LogP contribution in [0.3, 0.4) is 0 Å². The first kappa shape index (κ1) is 21.4. The van der Waals surface area contributed by atoms with Crippen LogP contribution in [-0.4, -0.2) is 32.4 Å². The molecule has 158 valence electrons. The van der Waals surface area contributed by atoms with Crippen LogP contribution in [0, 0.1) is 0 Å². The Labute approximate surface area is 173 Å². The van der Waals surface area contributed by atoms with Crippen LogP contribution in [0.4, 0.5) is 0 Å². The van der Waals surface area contributed by atoms with Crippen molar-refractivity contribution in [1.29, 1.82) is 0 Å². The lowest BCUT2D eigenvalue weighted by Gasteiger charge is -2.17. The number of nitrogens with zero attached hydrogens (tertiary/aromatic N) is 4. The molecule has 0 unspecified atom stereocenters. The Hall–Kier alpha value is -3.29. The molecular formula is C22H26N4O4. The second-order valence-corrected chi connectivity index (χ2v) is 7.26. The number of carbonyl (C=O) groups is 2. The van der Waals surface area contributed by atoms with E-state index in [1.54, 1.807) is 35.9 Å². The zero-order valence-corrected chi connectivity index (χ0v) is 17.7. The normalized spacial score (nSPS) is 12.1. The van der Waals surface area contributed by atoms with E-state index in [4.69, 9.17) is 4.74 Å². The number of carbonyl (C=O) groups excluding carboxylic acids is 2. The maximum atomic E-state index is 13.1. The number of fused-ring (bicyclic) bond motifs is 2. The highest BCUT2D eigenvalue weighted by Gasteiger charge is 2.21. The molecule has 3 aromatic rings. The number of hydrogen-bond donors (Lipinski definition) is 0. The van der Waals surface area contributed by atoms with E-state index < -0.39 is 5.97 Å². The average Bonchev–Trinajstić information content (AvgIpc) is 2.72. The van der Waals surface area contributed by atoms with E-state index in [1.165, 1.54) is 10.5 Å². The van der Waals surface area contributed by atoms with Gasteiger partial charge in [0.2, 0.25) is 5.91 Å². The highest BCUT2D eigenvalue weighted by Crippen LogP contribution is 2.15. The van der Waals surface area contributed by atoms with E-state index in [9.17, 15) is 14.4 Å². The summed E-state index contributed by atoms with van der Waals surface area (Å²) in [6.45, 7) is 7.63. The van der Waals surface area contributed by atoms with Crippen LogP contribution in [0.5, 0.6) is 0 Å². The van der Waals surface area contributed by atoms with Crippen molar-refractivity contribution < 1.29 is 14.3 Å². The summed E-state index contributed by atoms with van der Waals surface area (Å²) >= 11 is 0. The molecule has 0 N–H and O–H groups in total. The van der Waals surface area contributed by atoms with E-state index in [-0.39, 0.29) is 47.0 Å². The lowest BCUT2D eigenvalue weighted by molar-refractivity contribution is -0.118. The lowest BCUT2D eigenvalue weighted by atomic mass is 10.2. The van der Waals surface area contributed by atoms with Crippen LogP contribution < -0.4 is 11.0 Å². The monoisotopic (exact) mass is 410 g/mol. The quantitative estimate of drug-likeness (QED) is 0.460. The van der Waals surface area contributed by atoms with Gasteiger partial charge in [0, 0.05) is 18.7 Å². The Morgan fingerprint density at radius 1 is 1.23 bits per heavy atom. The van der Waals surface area contributed by atoms with Gasteiger partial charge in [-0.1, -0.05) is 19.4 Å². The summed E-state index contributed by atoms with van der Waals surface area (Å²) < 4.78 is 8.28. The van der Waals surface area contributed by atoms with Gasteiger partial charge in [0.1, 0.15) is 16.9 Å². The topological polar surface area (TPSA) is 95.0 Å². The van der Waals surface area contributed by atoms with Crippen molar-refractivity contribution in [1.82, 2.24) is 14.0 Å². The van der Waals surface area contributed by atoms with Gasteiger partial charge in [-0.05, 0) is 45.4 Å². The van der Waals surface area contributed by atoms with Gasteiger partial charge in [-0.15, -0.1) is 0 Å². The van der Waals surface area contributed by atoms with E-state index in [0.29, 0.717) is 17.7 Å². The smallest absolute Gasteiger partial charge is 0.341 e. The Balaban J connectivity index is 2.47. The molecule has 8 heteroatoms. The predicted molar refractivity (Wildman–Crippen MR) is 113 cm³/mol. The lowest BCUT2D eigenvalue weighted by Crippen LogP contribution is -2.33. The highest BCUT2D eigenvalue weighted by molar-refractivity contribution is 5.93. The number of ether oxygens (including phenoxy) is 1. The summed E-state index contributed by atoms with van der Waals surface area (Å²) in [4.78, 5) is 47.2. The summed E-state index contributed by atoms with van der Waals surface area (Å²) in [6.07, 6.45) is 3.47. The van der Waals surface area contributed by atoms with Crippen molar-refractivity contribution in [3.05, 3.63) is 51.9 Å². The number of pyridine rings is 2. The third kappa shape index (κ3) is 4.03. The van der Waals surface area contributed by atoms with Gasteiger partial charge in [0.15, 0.2) is 5.49 Å². The van der Waals surface area contributed by atoms with Crippen molar-refractivity contribution in [2.24, 2.45) is 4.99 Å². The summed E-state index contributed by atoms with van der Waals surface area (Å²) in [7, 11) is 0. The number of unbranched alkanes of at least 4 members (excludes halogenated alkanes) is 1. The van der Waals surface area contributed by atoms with Gasteiger partial charge in [0.25, 0.3) is 5.56 Å². The number of amides is 1. The fourth-order valence-electron chi connectivity index (χ4n) is 3.30. The number of rotatable bonds is 6. The van der Waals surface area contributed by atoms with Crippen molar-refractivity contribution in [2.45, 2.75) is 53.0 Å². The van der Waals surface area contributed by atoms with Gasteiger partial charge >= 0.3 is 5.97 Å². The molecule has 0 saturated carbocycles. The average molecular weight is 410 g/mol. The maximum Gasteiger partial charge on any atom is 0.341 e. The van der Waals surface area contributed by atoms with E-state index in [1.807, 2.05) is 20.8 Å². The molecule has 0 aromatic carbocycles. The fourth-order valence-corrected chi connectivity index (χ4v) is 3.30. The van der Waals surface area contributed by atoms with Crippen molar-refractivity contribution in [3.8, 4) is 0 Å². The molecule has 0 radical (unpaired) electrons. The van der Waals surface area contributed by atoms with Crippen molar-refractivity contribution >= 4 is 28.6 Å². The Morgan fingerprint density at radius 3 is 2.67 bits per heavy atom. The minimum atomic E-state index is -0.631. The molecule has 0 aliphatic rings. The summed E-state index contributed by atoms with van der Waals surface area (Å²) in [5, 5.41) is 0.260. The van der Waals surface area contributed by atoms with E-state index in [2.05, 4.69) is 9.98 Å². The molecule has 0 atom stereocenters. The third-order valence-electron chi connectivity index (χ3n) is 4.72. The minimum Gasteiger partial charge on any atom is -0.462 e. The molecule has 30 heavy (non-hydrogen) atoms. The van der Waals surface area contributed by atoms with Crippen LogP contribution in [0.2, 0.25) is 0 Å². The van der Waals surface area contributed by atoms with Gasteiger partial charge in [0.05, 0.1) is 12.0 Å². The molecule has 0 fully saturated rings. The van der Waals surface area contributed by atoms with Gasteiger partial charge in [-0.2, -0.15) is 4.99 Å². The van der Waals surface area contributed by atoms with E-state index in [0.717, 1.165) is 6.42 Å². The summed E-state index contributed by atoms with van der Waals surface area (Å²) in [5.41, 5.74) is 0.786. The van der Waals surface area contributed by atoms with Crippen LogP contribution in [0.15, 0.2) is 40.2 Å². The molecule has 0 aliphatic heterocycles. The second kappa shape index (κ2) is 9.02. The maximum absolute atomic E-state index is 13.1. The van der Waals surface area contributed by atoms with Gasteiger partial charge < -0.3 is 9.30 Å². The Morgan fingerprint density at radius 2 is 2.00 bits per heavy atom. The molecule has 1 amide bonds.